The SMILES string of the molecule is CN(C)CC1CC(NS(C)(=O)=O)C2COC3CCC(CC3)c3nc(ccc3C(F)(F)F)OCCOC(=O)N12. The van der Waals surface area contributed by atoms with E-state index in [4.69, 9.17) is 14.2 Å². The Balaban J connectivity index is 1.61. The van der Waals surface area contributed by atoms with E-state index in [2.05, 4.69) is 9.71 Å². The molecular formula is C24H35F3N4O6S. The van der Waals surface area contributed by atoms with E-state index in [1.54, 1.807) is 4.90 Å². The fraction of sp³-hybridized carbons (Fsp3) is 0.750. The molecular weight excluding hydrogens is 529 g/mol. The van der Waals surface area contributed by atoms with Crippen molar-refractivity contribution >= 4 is 16.1 Å². The van der Waals surface area contributed by atoms with Crippen molar-refractivity contribution in [3.8, 4) is 5.88 Å². The topological polar surface area (TPSA) is 110 Å². The van der Waals surface area contributed by atoms with Crippen LogP contribution in [-0.2, 0) is 25.7 Å². The van der Waals surface area contributed by atoms with E-state index < -0.39 is 45.9 Å². The van der Waals surface area contributed by atoms with Crippen LogP contribution in [0.5, 0.6) is 5.88 Å². The van der Waals surface area contributed by atoms with E-state index in [1.807, 2.05) is 19.0 Å². The average molecular weight is 565 g/mol. The molecule has 2 fully saturated rings. The van der Waals surface area contributed by atoms with Gasteiger partial charge in [0.1, 0.15) is 13.2 Å². The van der Waals surface area contributed by atoms with Crippen LogP contribution in [0.4, 0.5) is 18.0 Å². The van der Waals surface area contributed by atoms with Gasteiger partial charge in [0.25, 0.3) is 0 Å². The molecule has 3 aliphatic heterocycles. The predicted octanol–water partition coefficient (Wildman–Crippen LogP) is 2.59. The molecule has 4 bridgehead atoms. The van der Waals surface area contributed by atoms with Gasteiger partial charge in [0.05, 0.1) is 36.3 Å². The Labute approximate surface area is 220 Å². The highest BCUT2D eigenvalue weighted by Gasteiger charge is 2.46. The molecule has 0 aromatic carbocycles. The molecule has 3 atom stereocenters. The minimum atomic E-state index is -4.54. The van der Waals surface area contributed by atoms with Gasteiger partial charge in [0, 0.05) is 30.6 Å². The molecule has 38 heavy (non-hydrogen) atoms. The average Bonchev–Trinajstić information content (AvgIpc) is 3.13. The van der Waals surface area contributed by atoms with Gasteiger partial charge in [-0.15, -0.1) is 0 Å². The summed E-state index contributed by atoms with van der Waals surface area (Å²) < 4.78 is 85.2. The number of amides is 1. The molecule has 5 rings (SSSR count). The van der Waals surface area contributed by atoms with Crippen LogP contribution in [0.25, 0.3) is 0 Å². The zero-order valence-electron chi connectivity index (χ0n) is 21.7. The number of nitrogens with one attached hydrogen (secondary N) is 1. The van der Waals surface area contributed by atoms with Gasteiger partial charge in [0.2, 0.25) is 15.9 Å². The maximum atomic E-state index is 13.7. The maximum Gasteiger partial charge on any atom is 0.418 e. The third-order valence-electron chi connectivity index (χ3n) is 7.22. The monoisotopic (exact) mass is 564 g/mol. The number of ether oxygens (including phenoxy) is 3. The van der Waals surface area contributed by atoms with Crippen LogP contribution in [0, 0.1) is 0 Å². The van der Waals surface area contributed by atoms with Gasteiger partial charge >= 0.3 is 12.3 Å². The van der Waals surface area contributed by atoms with Crippen molar-refractivity contribution < 1.29 is 40.6 Å². The second kappa shape index (κ2) is 11.5. The number of nitrogens with zero attached hydrogens (tertiary/aromatic N) is 3. The number of pyridine rings is 1. The predicted molar refractivity (Wildman–Crippen MR) is 131 cm³/mol. The number of fused-ring (bicyclic) bond motifs is 7. The third kappa shape index (κ3) is 7.07. The van der Waals surface area contributed by atoms with Crippen molar-refractivity contribution in [3.63, 3.8) is 0 Å². The summed E-state index contributed by atoms with van der Waals surface area (Å²) >= 11 is 0. The summed E-state index contributed by atoms with van der Waals surface area (Å²) in [6, 6.07) is 0.662. The first kappa shape index (κ1) is 28.8. The molecule has 14 heteroatoms. The van der Waals surface area contributed by atoms with E-state index >= 15 is 0 Å². The van der Waals surface area contributed by atoms with Gasteiger partial charge in [-0.05, 0) is 52.3 Å². The van der Waals surface area contributed by atoms with Crippen LogP contribution in [0.1, 0.15) is 49.3 Å². The number of rotatable bonds is 4. The van der Waals surface area contributed by atoms with Crippen LogP contribution < -0.4 is 9.46 Å². The first-order chi connectivity index (χ1) is 17.8. The smallest absolute Gasteiger partial charge is 0.418 e. The molecule has 3 unspecified atom stereocenters. The van der Waals surface area contributed by atoms with Crippen LogP contribution in [0.15, 0.2) is 12.1 Å². The summed E-state index contributed by atoms with van der Waals surface area (Å²) in [7, 11) is 0.158. The summed E-state index contributed by atoms with van der Waals surface area (Å²) in [5.74, 6) is -0.357. The van der Waals surface area contributed by atoms with Gasteiger partial charge in [-0.2, -0.15) is 13.2 Å². The lowest BCUT2D eigenvalue weighted by molar-refractivity contribution is -0.138. The van der Waals surface area contributed by atoms with Crippen molar-refractivity contribution in [3.05, 3.63) is 23.4 Å². The minimum absolute atomic E-state index is 0.0384. The number of halogens is 3. The lowest BCUT2D eigenvalue weighted by Crippen LogP contribution is -2.52. The van der Waals surface area contributed by atoms with Crippen molar-refractivity contribution in [2.75, 3.05) is 46.7 Å². The van der Waals surface area contributed by atoms with Crippen LogP contribution in [0.2, 0.25) is 0 Å². The molecule has 1 saturated heterocycles. The Morgan fingerprint density at radius 2 is 1.82 bits per heavy atom. The molecule has 4 heterocycles. The van der Waals surface area contributed by atoms with E-state index in [9.17, 15) is 26.4 Å². The Kier molecular flexibility index (Phi) is 8.75. The maximum absolute atomic E-state index is 13.7. The molecule has 0 radical (unpaired) electrons. The molecule has 1 aromatic rings. The van der Waals surface area contributed by atoms with E-state index in [1.165, 1.54) is 6.07 Å². The Bertz CT molecular complexity index is 1100. The van der Waals surface area contributed by atoms with Gasteiger partial charge in [-0.1, -0.05) is 0 Å². The second-order valence-corrected chi connectivity index (χ2v) is 12.3. The van der Waals surface area contributed by atoms with Gasteiger partial charge in [-0.3, -0.25) is 4.90 Å². The highest BCUT2D eigenvalue weighted by Crippen LogP contribution is 2.41. The lowest BCUT2D eigenvalue weighted by Gasteiger charge is -2.34. The molecule has 1 N–H and O–H groups in total. The fourth-order valence-electron chi connectivity index (χ4n) is 5.67. The number of hydrogen-bond acceptors (Lipinski definition) is 8. The molecule has 1 aromatic heterocycles. The number of alkyl halides is 3. The van der Waals surface area contributed by atoms with Gasteiger partial charge in [-0.25, -0.2) is 22.9 Å². The number of hydrogen-bond donors (Lipinski definition) is 1. The van der Waals surface area contributed by atoms with Gasteiger partial charge < -0.3 is 19.1 Å². The summed E-state index contributed by atoms with van der Waals surface area (Å²) in [5, 5.41) is 0. The number of aromatic nitrogens is 1. The Morgan fingerprint density at radius 3 is 2.45 bits per heavy atom. The normalized spacial score (nSPS) is 29.2. The molecule has 10 nitrogen and oxygen atoms in total. The van der Waals surface area contributed by atoms with Crippen molar-refractivity contribution in [1.29, 1.82) is 0 Å². The lowest BCUT2D eigenvalue weighted by atomic mass is 9.83. The van der Waals surface area contributed by atoms with Crippen molar-refractivity contribution in [1.82, 2.24) is 19.5 Å². The summed E-state index contributed by atoms with van der Waals surface area (Å²) in [5.41, 5.74) is -0.812. The summed E-state index contributed by atoms with van der Waals surface area (Å²) in [6.07, 6.45) is -2.03. The Morgan fingerprint density at radius 1 is 1.13 bits per heavy atom. The molecule has 4 aliphatic rings. The number of likely N-dealkylation sites (N-methyl/N-ethyl adjacent to an activating group) is 1. The number of carbonyl (C=O) groups is 1. The summed E-state index contributed by atoms with van der Waals surface area (Å²) in [4.78, 5) is 20.9. The van der Waals surface area contributed by atoms with E-state index in [-0.39, 0.29) is 43.5 Å². The highest BCUT2D eigenvalue weighted by molar-refractivity contribution is 7.88. The molecule has 0 spiro atoms. The minimum Gasteiger partial charge on any atom is -0.474 e. The van der Waals surface area contributed by atoms with Crippen molar-refractivity contribution in [2.45, 2.75) is 68.4 Å². The van der Waals surface area contributed by atoms with E-state index in [0.717, 1.165) is 12.3 Å². The van der Waals surface area contributed by atoms with Crippen molar-refractivity contribution in [2.24, 2.45) is 0 Å². The van der Waals surface area contributed by atoms with Crippen LogP contribution in [-0.4, -0.2) is 100 Å². The second-order valence-electron chi connectivity index (χ2n) is 10.5. The number of carbonyl (C=O) groups excluding carboxylic acids is 1. The quantitative estimate of drug-likeness (QED) is 0.595. The Hall–Kier alpha value is -2.16. The summed E-state index contributed by atoms with van der Waals surface area (Å²) in [6.45, 7) is 0.299. The first-order valence-electron chi connectivity index (χ1n) is 12.7. The zero-order chi connectivity index (χ0) is 27.7. The standard InChI is InChI=1S/C24H35F3N4O6S/c1-30(2)13-16-12-19(29-38(3,33)34)20-14-37-17-6-4-15(5-7-17)22-18(24(25,26)27)8-9-21(28-22)35-10-11-36-23(32)31(16)20/h8-9,15-17,19-20,29H,4-7,10-14H2,1-3H3. The largest absolute Gasteiger partial charge is 0.474 e. The first-order valence-corrected chi connectivity index (χ1v) is 14.6. The zero-order valence-corrected chi connectivity index (χ0v) is 22.6. The molecule has 214 valence electrons. The third-order valence-corrected chi connectivity index (χ3v) is 7.95. The highest BCUT2D eigenvalue weighted by atomic mass is 32.2. The van der Waals surface area contributed by atoms with Crippen LogP contribution in [0.3, 0.4) is 0 Å². The van der Waals surface area contributed by atoms with E-state index in [0.29, 0.717) is 38.6 Å². The molecule has 1 amide bonds. The van der Waals surface area contributed by atoms with Crippen LogP contribution >= 0.6 is 0 Å². The van der Waals surface area contributed by atoms with Gasteiger partial charge in [0.15, 0.2) is 0 Å². The molecule has 1 aliphatic carbocycles. The molecule has 1 saturated carbocycles. The number of sulfonamides is 1. The fourth-order valence-corrected chi connectivity index (χ4v) is 6.47.